The summed E-state index contributed by atoms with van der Waals surface area (Å²) in [6.45, 7) is 0. The van der Waals surface area contributed by atoms with E-state index in [4.69, 9.17) is 10.5 Å². The lowest BCUT2D eigenvalue weighted by Crippen LogP contribution is -2.11. The quantitative estimate of drug-likeness (QED) is 0.297. The number of carbonyl (C=O) groups excluding carboxylic acids is 1. The summed E-state index contributed by atoms with van der Waals surface area (Å²) in [6, 6.07) is 6.14. The van der Waals surface area contributed by atoms with Gasteiger partial charge in [0, 0.05) is 31.2 Å². The van der Waals surface area contributed by atoms with Gasteiger partial charge in [0.1, 0.15) is 23.2 Å². The number of Topliss-reactive ketones (excluding diaryl/α,β-unsaturated/α-hetero) is 1. The molecule has 3 rings (SSSR count). The number of ether oxygens (including phenoxy) is 1. The SMILES string of the molecule is Nc1nccc(Oc2ccc(CC(=O)Cc3cc(C(F)(F)F)ccc3F)c(F)c2)c1[N+](=O)[O-]. The van der Waals surface area contributed by atoms with Crippen molar-refractivity contribution >= 4 is 17.3 Å². The molecule has 3 aromatic rings. The van der Waals surface area contributed by atoms with Crippen LogP contribution in [-0.2, 0) is 23.8 Å². The highest BCUT2D eigenvalue weighted by Gasteiger charge is 2.31. The summed E-state index contributed by atoms with van der Waals surface area (Å²) in [5, 5.41) is 11.1. The molecule has 0 radical (unpaired) electrons. The molecule has 7 nitrogen and oxygen atoms in total. The number of nitro groups is 1. The van der Waals surface area contributed by atoms with Crippen LogP contribution in [-0.4, -0.2) is 15.7 Å². The van der Waals surface area contributed by atoms with Crippen LogP contribution in [0.4, 0.5) is 33.5 Å². The summed E-state index contributed by atoms with van der Waals surface area (Å²) < 4.78 is 72.0. The number of rotatable bonds is 7. The van der Waals surface area contributed by atoms with Crippen molar-refractivity contribution in [2.45, 2.75) is 19.0 Å². The Bertz CT molecular complexity index is 1230. The van der Waals surface area contributed by atoms with Crippen LogP contribution in [0.15, 0.2) is 48.7 Å². The third kappa shape index (κ3) is 5.59. The van der Waals surface area contributed by atoms with Crippen LogP contribution < -0.4 is 10.5 Å². The van der Waals surface area contributed by atoms with Gasteiger partial charge in [0.05, 0.1) is 10.5 Å². The maximum absolute atomic E-state index is 14.5. The van der Waals surface area contributed by atoms with Crippen LogP contribution in [0.25, 0.3) is 0 Å². The minimum absolute atomic E-state index is 0.122. The number of carbonyl (C=O) groups is 1. The van der Waals surface area contributed by atoms with Crippen molar-refractivity contribution in [1.29, 1.82) is 0 Å². The van der Waals surface area contributed by atoms with Gasteiger partial charge in [-0.1, -0.05) is 6.07 Å². The van der Waals surface area contributed by atoms with Crippen LogP contribution in [0, 0.1) is 21.7 Å². The topological polar surface area (TPSA) is 108 Å². The van der Waals surface area contributed by atoms with Gasteiger partial charge in [0.25, 0.3) is 0 Å². The predicted molar refractivity (Wildman–Crippen MR) is 106 cm³/mol. The van der Waals surface area contributed by atoms with E-state index in [9.17, 15) is 36.9 Å². The van der Waals surface area contributed by atoms with Gasteiger partial charge in [-0.15, -0.1) is 0 Å². The number of halogens is 5. The number of pyridine rings is 1. The zero-order valence-electron chi connectivity index (χ0n) is 16.5. The van der Waals surface area contributed by atoms with Crippen LogP contribution in [0.5, 0.6) is 11.5 Å². The van der Waals surface area contributed by atoms with E-state index in [1.165, 1.54) is 12.1 Å². The average molecular weight is 467 g/mol. The number of aromatic nitrogens is 1. The Kier molecular flexibility index (Phi) is 6.56. The van der Waals surface area contributed by atoms with E-state index >= 15 is 0 Å². The number of hydrogen-bond donors (Lipinski definition) is 1. The van der Waals surface area contributed by atoms with E-state index in [-0.39, 0.29) is 17.1 Å². The molecule has 0 saturated heterocycles. The Labute approximate surface area is 182 Å². The van der Waals surface area contributed by atoms with Gasteiger partial charge in [-0.3, -0.25) is 14.9 Å². The fourth-order valence-corrected chi connectivity index (χ4v) is 2.95. The Morgan fingerprint density at radius 1 is 1.03 bits per heavy atom. The van der Waals surface area contributed by atoms with Gasteiger partial charge >= 0.3 is 11.9 Å². The van der Waals surface area contributed by atoms with Gasteiger partial charge in [-0.05, 0) is 35.4 Å². The molecule has 0 spiro atoms. The smallest absolute Gasteiger partial charge is 0.416 e. The molecule has 2 N–H and O–H groups in total. The summed E-state index contributed by atoms with van der Waals surface area (Å²) in [6.07, 6.45) is -4.74. The Hall–Kier alpha value is -4.09. The molecule has 0 bridgehead atoms. The Morgan fingerprint density at radius 3 is 2.36 bits per heavy atom. The van der Waals surface area contributed by atoms with Gasteiger partial charge < -0.3 is 10.5 Å². The van der Waals surface area contributed by atoms with E-state index in [0.29, 0.717) is 18.2 Å². The first-order chi connectivity index (χ1) is 15.5. The van der Waals surface area contributed by atoms with E-state index in [1.54, 1.807) is 0 Å². The van der Waals surface area contributed by atoms with Crippen molar-refractivity contribution in [3.63, 3.8) is 0 Å². The largest absolute Gasteiger partial charge is 0.450 e. The lowest BCUT2D eigenvalue weighted by molar-refractivity contribution is -0.384. The lowest BCUT2D eigenvalue weighted by Gasteiger charge is -2.10. The Balaban J connectivity index is 1.75. The van der Waals surface area contributed by atoms with Crippen molar-refractivity contribution in [1.82, 2.24) is 4.98 Å². The average Bonchev–Trinajstić information content (AvgIpc) is 2.70. The van der Waals surface area contributed by atoms with Crippen LogP contribution in [0.2, 0.25) is 0 Å². The number of anilines is 1. The van der Waals surface area contributed by atoms with Crippen molar-refractivity contribution in [2.24, 2.45) is 0 Å². The van der Waals surface area contributed by atoms with Crippen LogP contribution >= 0.6 is 0 Å². The highest BCUT2D eigenvalue weighted by Crippen LogP contribution is 2.35. The molecule has 0 saturated carbocycles. The molecule has 0 atom stereocenters. The molecule has 33 heavy (non-hydrogen) atoms. The number of nitrogens with two attached hydrogens (primary N) is 1. The van der Waals surface area contributed by atoms with E-state index < -0.39 is 64.0 Å². The Morgan fingerprint density at radius 2 is 1.73 bits per heavy atom. The summed E-state index contributed by atoms with van der Waals surface area (Å²) in [5.41, 5.74) is 3.16. The minimum atomic E-state index is -4.71. The number of hydrogen-bond acceptors (Lipinski definition) is 6. The van der Waals surface area contributed by atoms with Gasteiger partial charge in [-0.2, -0.15) is 13.2 Å². The van der Waals surface area contributed by atoms with E-state index in [1.807, 2.05) is 0 Å². The maximum atomic E-state index is 14.5. The molecule has 172 valence electrons. The summed E-state index contributed by atoms with van der Waals surface area (Å²) in [4.78, 5) is 26.1. The van der Waals surface area contributed by atoms with E-state index in [2.05, 4.69) is 4.98 Å². The minimum Gasteiger partial charge on any atom is -0.450 e. The molecule has 1 aromatic heterocycles. The second-order valence-electron chi connectivity index (χ2n) is 6.85. The monoisotopic (exact) mass is 467 g/mol. The number of alkyl halides is 3. The number of benzene rings is 2. The number of nitrogen functional groups attached to an aromatic ring is 1. The van der Waals surface area contributed by atoms with E-state index in [0.717, 1.165) is 18.3 Å². The first-order valence-corrected chi connectivity index (χ1v) is 9.18. The first kappa shape index (κ1) is 23.6. The van der Waals surface area contributed by atoms with Gasteiger partial charge in [0.2, 0.25) is 11.6 Å². The summed E-state index contributed by atoms with van der Waals surface area (Å²) in [5.74, 6) is -3.44. The lowest BCUT2D eigenvalue weighted by atomic mass is 10.00. The van der Waals surface area contributed by atoms with Crippen molar-refractivity contribution < 1.29 is 36.4 Å². The molecule has 0 aliphatic heterocycles. The molecule has 0 aliphatic rings. The molecular weight excluding hydrogens is 453 g/mol. The third-order valence-corrected chi connectivity index (χ3v) is 4.50. The van der Waals surface area contributed by atoms with Crippen molar-refractivity contribution in [3.05, 3.63) is 87.1 Å². The van der Waals surface area contributed by atoms with Crippen molar-refractivity contribution in [3.8, 4) is 11.5 Å². The normalized spacial score (nSPS) is 11.3. The maximum Gasteiger partial charge on any atom is 0.416 e. The molecule has 1 heterocycles. The summed E-state index contributed by atoms with van der Waals surface area (Å²) >= 11 is 0. The fraction of sp³-hybridized carbons (Fsp3) is 0.143. The second kappa shape index (κ2) is 9.18. The standard InChI is InChI=1S/C21H14F5N3O4/c22-16-4-2-13(21(24,25)26)7-12(16)9-14(30)8-11-1-3-15(10-17(11)23)33-18-5-6-28-20(27)19(18)29(31)32/h1-7,10H,8-9H2,(H2,27,28). The second-order valence-corrected chi connectivity index (χ2v) is 6.85. The predicted octanol–water partition coefficient (Wildman–Crippen LogP) is 5.02. The molecule has 0 amide bonds. The zero-order chi connectivity index (χ0) is 24.3. The highest BCUT2D eigenvalue weighted by molar-refractivity contribution is 5.83. The summed E-state index contributed by atoms with van der Waals surface area (Å²) in [7, 11) is 0. The molecular formula is C21H14F5N3O4. The van der Waals surface area contributed by atoms with Crippen LogP contribution in [0.1, 0.15) is 16.7 Å². The van der Waals surface area contributed by atoms with Gasteiger partial charge in [-0.25, -0.2) is 13.8 Å². The first-order valence-electron chi connectivity index (χ1n) is 9.18. The van der Waals surface area contributed by atoms with Crippen LogP contribution in [0.3, 0.4) is 0 Å². The van der Waals surface area contributed by atoms with Gasteiger partial charge in [0.15, 0.2) is 0 Å². The van der Waals surface area contributed by atoms with Crippen molar-refractivity contribution in [2.75, 3.05) is 5.73 Å². The zero-order valence-corrected chi connectivity index (χ0v) is 16.5. The molecule has 0 aliphatic carbocycles. The molecule has 12 heteroatoms. The fourth-order valence-electron chi connectivity index (χ4n) is 2.95. The number of nitrogens with zero attached hydrogens (tertiary/aromatic N) is 2. The highest BCUT2D eigenvalue weighted by atomic mass is 19.4. The number of ketones is 1. The third-order valence-electron chi connectivity index (χ3n) is 4.50. The molecule has 0 fully saturated rings. The molecule has 0 unspecified atom stereocenters. The molecule has 2 aromatic carbocycles.